The number of pyridine rings is 1. The van der Waals surface area contributed by atoms with Crippen LogP contribution in [0.15, 0.2) is 48.8 Å². The first kappa shape index (κ1) is 13.3. The summed E-state index contributed by atoms with van der Waals surface area (Å²) in [7, 11) is 0. The first-order valence-corrected chi connectivity index (χ1v) is 5.72. The quantitative estimate of drug-likeness (QED) is 0.686. The minimum atomic E-state index is 0. The molecule has 0 unspecified atom stereocenters. The summed E-state index contributed by atoms with van der Waals surface area (Å²) in [6, 6.07) is 13.6. The van der Waals surface area contributed by atoms with Gasteiger partial charge in [0.1, 0.15) is 5.65 Å². The van der Waals surface area contributed by atoms with Crippen LogP contribution in [0.3, 0.4) is 0 Å². The molecule has 19 heavy (non-hydrogen) atoms. The number of halogens is 1. The molecule has 0 saturated heterocycles. The molecule has 0 atom stereocenters. The number of benzene rings is 1. The molecule has 0 fully saturated rings. The maximum absolute atomic E-state index is 8.77. The molecule has 0 amide bonds. The van der Waals surface area contributed by atoms with Crippen LogP contribution in [0.1, 0.15) is 11.1 Å². The Labute approximate surface area is 121 Å². The molecule has 3 rings (SSSR count). The van der Waals surface area contributed by atoms with Crippen molar-refractivity contribution >= 4 is 22.6 Å². The van der Waals surface area contributed by atoms with E-state index in [-0.39, 0.29) is 17.0 Å². The summed E-state index contributed by atoms with van der Waals surface area (Å²) < 4.78 is 2.02. The van der Waals surface area contributed by atoms with Gasteiger partial charge in [0.25, 0.3) is 0 Å². The highest BCUT2D eigenvalue weighted by Gasteiger charge is 2.04. The Morgan fingerprint density at radius 2 is 1.79 bits per heavy atom. The molecule has 0 N–H and O–H groups in total. The molecule has 2 aromatic heterocycles. The van der Waals surface area contributed by atoms with E-state index in [0.29, 0.717) is 5.56 Å². The van der Waals surface area contributed by atoms with Crippen LogP contribution in [0.5, 0.6) is 0 Å². The predicted molar refractivity (Wildman–Crippen MR) is 80.4 cm³/mol. The molecule has 1 aromatic carbocycles. The number of fused-ring (bicyclic) bond motifs is 1. The van der Waals surface area contributed by atoms with Crippen LogP contribution < -0.4 is 0 Å². The SMILES string of the molecule is Br.Cc1ccc2nc(-c3ccc(C#N)cc3)cn2c1. The average molecular weight is 314 g/mol. The topological polar surface area (TPSA) is 41.1 Å². The zero-order valence-corrected chi connectivity index (χ0v) is 12.1. The van der Waals surface area contributed by atoms with Crippen molar-refractivity contribution in [2.45, 2.75) is 6.92 Å². The average Bonchev–Trinajstić information content (AvgIpc) is 2.81. The van der Waals surface area contributed by atoms with Gasteiger partial charge in [-0.05, 0) is 30.7 Å². The van der Waals surface area contributed by atoms with Crippen molar-refractivity contribution in [2.75, 3.05) is 0 Å². The van der Waals surface area contributed by atoms with Crippen molar-refractivity contribution in [3.63, 3.8) is 0 Å². The summed E-state index contributed by atoms with van der Waals surface area (Å²) in [6.45, 7) is 2.06. The zero-order valence-electron chi connectivity index (χ0n) is 10.4. The van der Waals surface area contributed by atoms with Gasteiger partial charge in [0.05, 0.1) is 17.3 Å². The first-order chi connectivity index (χ1) is 8.76. The third-order valence-electron chi connectivity index (χ3n) is 2.91. The number of rotatable bonds is 1. The van der Waals surface area contributed by atoms with Gasteiger partial charge >= 0.3 is 0 Å². The third kappa shape index (κ3) is 2.51. The molecule has 3 nitrogen and oxygen atoms in total. The van der Waals surface area contributed by atoms with Crippen molar-refractivity contribution < 1.29 is 0 Å². The number of nitriles is 1. The maximum atomic E-state index is 8.77. The predicted octanol–water partition coefficient (Wildman–Crippen LogP) is 3.76. The molecule has 0 aliphatic rings. The van der Waals surface area contributed by atoms with Crippen LogP contribution in [0.4, 0.5) is 0 Å². The van der Waals surface area contributed by atoms with Gasteiger partial charge in [0, 0.05) is 18.0 Å². The van der Waals surface area contributed by atoms with E-state index in [4.69, 9.17) is 5.26 Å². The molecule has 0 aliphatic carbocycles. The molecule has 2 heterocycles. The summed E-state index contributed by atoms with van der Waals surface area (Å²) in [5.74, 6) is 0. The van der Waals surface area contributed by atoms with Crippen LogP contribution in [0.25, 0.3) is 16.9 Å². The minimum Gasteiger partial charge on any atom is -0.306 e. The fraction of sp³-hybridized carbons (Fsp3) is 0.0667. The lowest BCUT2D eigenvalue weighted by molar-refractivity contribution is 1.16. The highest BCUT2D eigenvalue weighted by molar-refractivity contribution is 8.93. The summed E-state index contributed by atoms with van der Waals surface area (Å²) in [6.07, 6.45) is 4.05. The maximum Gasteiger partial charge on any atom is 0.137 e. The minimum absolute atomic E-state index is 0. The molecule has 4 heteroatoms. The van der Waals surface area contributed by atoms with Crippen molar-refractivity contribution in [2.24, 2.45) is 0 Å². The lowest BCUT2D eigenvalue weighted by atomic mass is 10.1. The molecule has 94 valence electrons. The van der Waals surface area contributed by atoms with E-state index < -0.39 is 0 Å². The van der Waals surface area contributed by atoms with Crippen LogP contribution in [-0.2, 0) is 0 Å². The second kappa shape index (κ2) is 5.25. The summed E-state index contributed by atoms with van der Waals surface area (Å²) in [4.78, 5) is 4.56. The van der Waals surface area contributed by atoms with Gasteiger partial charge in [-0.3, -0.25) is 0 Å². The fourth-order valence-corrected chi connectivity index (χ4v) is 1.96. The van der Waals surface area contributed by atoms with Crippen molar-refractivity contribution in [1.29, 1.82) is 5.26 Å². The zero-order chi connectivity index (χ0) is 12.5. The van der Waals surface area contributed by atoms with E-state index in [1.165, 1.54) is 5.56 Å². The monoisotopic (exact) mass is 313 g/mol. The van der Waals surface area contributed by atoms with Gasteiger partial charge in [-0.25, -0.2) is 4.98 Å². The number of hydrogen-bond donors (Lipinski definition) is 0. The van der Waals surface area contributed by atoms with Gasteiger partial charge in [0.2, 0.25) is 0 Å². The number of nitrogens with zero attached hydrogens (tertiary/aromatic N) is 3. The Balaban J connectivity index is 0.00000133. The van der Waals surface area contributed by atoms with Gasteiger partial charge in [0.15, 0.2) is 0 Å². The van der Waals surface area contributed by atoms with Crippen LogP contribution in [-0.4, -0.2) is 9.38 Å². The van der Waals surface area contributed by atoms with E-state index in [1.807, 2.05) is 47.0 Å². The molecule has 0 bridgehead atoms. The Bertz CT molecular complexity index is 751. The molecule has 0 saturated carbocycles. The van der Waals surface area contributed by atoms with E-state index in [9.17, 15) is 0 Å². The van der Waals surface area contributed by atoms with Crippen molar-refractivity contribution in [1.82, 2.24) is 9.38 Å². The van der Waals surface area contributed by atoms with Gasteiger partial charge in [-0.2, -0.15) is 5.26 Å². The normalized spacial score (nSPS) is 9.89. The second-order valence-electron chi connectivity index (χ2n) is 4.29. The summed E-state index contributed by atoms with van der Waals surface area (Å²) >= 11 is 0. The standard InChI is InChI=1S/C15H11N3.BrH/c1-11-2-7-15-17-14(10-18(15)9-11)13-5-3-12(8-16)4-6-13;/h2-7,9-10H,1H3;1H. The molecule has 0 spiro atoms. The Kier molecular flexibility index (Phi) is 3.68. The largest absolute Gasteiger partial charge is 0.306 e. The van der Waals surface area contributed by atoms with Gasteiger partial charge in [-0.1, -0.05) is 18.2 Å². The smallest absolute Gasteiger partial charge is 0.137 e. The fourth-order valence-electron chi connectivity index (χ4n) is 1.96. The molecule has 3 aromatic rings. The van der Waals surface area contributed by atoms with E-state index in [1.54, 1.807) is 0 Å². The number of imidazole rings is 1. The van der Waals surface area contributed by atoms with Crippen LogP contribution >= 0.6 is 17.0 Å². The molecular weight excluding hydrogens is 302 g/mol. The van der Waals surface area contributed by atoms with Crippen molar-refractivity contribution in [3.8, 4) is 17.3 Å². The van der Waals surface area contributed by atoms with E-state index in [0.717, 1.165) is 16.9 Å². The Hall–Kier alpha value is -2.12. The van der Waals surface area contributed by atoms with E-state index in [2.05, 4.69) is 24.2 Å². The Morgan fingerprint density at radius 3 is 2.47 bits per heavy atom. The van der Waals surface area contributed by atoms with Gasteiger partial charge in [-0.15, -0.1) is 17.0 Å². The van der Waals surface area contributed by atoms with E-state index >= 15 is 0 Å². The number of aryl methyl sites for hydroxylation is 1. The Morgan fingerprint density at radius 1 is 1.05 bits per heavy atom. The summed E-state index contributed by atoms with van der Waals surface area (Å²) in [5, 5.41) is 8.77. The first-order valence-electron chi connectivity index (χ1n) is 5.72. The molecule has 0 aliphatic heterocycles. The highest BCUT2D eigenvalue weighted by Crippen LogP contribution is 2.19. The second-order valence-corrected chi connectivity index (χ2v) is 4.29. The van der Waals surface area contributed by atoms with Crippen molar-refractivity contribution in [3.05, 3.63) is 59.9 Å². The van der Waals surface area contributed by atoms with Gasteiger partial charge < -0.3 is 4.40 Å². The summed E-state index contributed by atoms with van der Waals surface area (Å²) in [5.41, 5.74) is 4.74. The lowest BCUT2D eigenvalue weighted by Crippen LogP contribution is -1.82. The highest BCUT2D eigenvalue weighted by atomic mass is 79.9. The lowest BCUT2D eigenvalue weighted by Gasteiger charge is -1.95. The molecular formula is C15H12BrN3. The van der Waals surface area contributed by atoms with Crippen LogP contribution in [0, 0.1) is 18.3 Å². The number of hydrogen-bond acceptors (Lipinski definition) is 2. The number of aromatic nitrogens is 2. The van der Waals surface area contributed by atoms with Crippen LogP contribution in [0.2, 0.25) is 0 Å². The third-order valence-corrected chi connectivity index (χ3v) is 2.91. The molecule has 0 radical (unpaired) electrons.